The van der Waals surface area contributed by atoms with E-state index in [0.29, 0.717) is 0 Å². The van der Waals surface area contributed by atoms with Gasteiger partial charge in [0.15, 0.2) is 0 Å². The minimum Gasteiger partial charge on any atom is -0.334 e. The average molecular weight is 377 g/mol. The third kappa shape index (κ3) is 2.73. The van der Waals surface area contributed by atoms with Gasteiger partial charge in [0.1, 0.15) is 0 Å². The lowest BCUT2D eigenvalue weighted by atomic mass is 10.0. The van der Waals surface area contributed by atoms with Crippen molar-refractivity contribution in [1.29, 1.82) is 0 Å². The van der Waals surface area contributed by atoms with Crippen LogP contribution in [0.4, 0.5) is 0 Å². The van der Waals surface area contributed by atoms with Crippen LogP contribution < -0.4 is 0 Å². The molecule has 0 unspecified atom stereocenters. The summed E-state index contributed by atoms with van der Waals surface area (Å²) in [5, 5.41) is 0. The van der Waals surface area contributed by atoms with Gasteiger partial charge in [-0.05, 0) is 58.7 Å². The van der Waals surface area contributed by atoms with Crippen molar-refractivity contribution in [3.05, 3.63) is 68.8 Å². The Morgan fingerprint density at radius 1 is 1.00 bits per heavy atom. The van der Waals surface area contributed by atoms with E-state index in [2.05, 4.69) is 46.9 Å². The molecule has 2 aromatic rings. The van der Waals surface area contributed by atoms with Crippen molar-refractivity contribution in [3.8, 4) is 0 Å². The van der Waals surface area contributed by atoms with E-state index >= 15 is 0 Å². The highest BCUT2D eigenvalue weighted by molar-refractivity contribution is 14.1. The molecule has 2 aromatic carbocycles. The van der Waals surface area contributed by atoms with Crippen LogP contribution in [-0.4, -0.2) is 17.4 Å². The Labute approximate surface area is 132 Å². The molecule has 0 spiro atoms. The van der Waals surface area contributed by atoms with Crippen molar-refractivity contribution in [1.82, 2.24) is 4.90 Å². The number of carbonyl (C=O) groups excluding carboxylic acids is 1. The highest BCUT2D eigenvalue weighted by Crippen LogP contribution is 2.21. The number of carbonyl (C=O) groups is 1. The Morgan fingerprint density at radius 3 is 2.50 bits per heavy atom. The largest absolute Gasteiger partial charge is 0.334 e. The Kier molecular flexibility index (Phi) is 4.05. The van der Waals surface area contributed by atoms with E-state index in [-0.39, 0.29) is 5.91 Å². The molecule has 0 saturated carbocycles. The molecule has 0 saturated heterocycles. The SMILES string of the molecule is O=C(c1ccccc1I)N1CCCc2ccccc2C1. The Bertz CT molecular complexity index is 638. The van der Waals surface area contributed by atoms with Gasteiger partial charge in [-0.3, -0.25) is 4.79 Å². The number of fused-ring (bicyclic) bond motifs is 1. The van der Waals surface area contributed by atoms with Gasteiger partial charge >= 0.3 is 0 Å². The van der Waals surface area contributed by atoms with Gasteiger partial charge in [-0.1, -0.05) is 36.4 Å². The molecular formula is C17H16INO. The second-order valence-electron chi connectivity index (χ2n) is 5.08. The van der Waals surface area contributed by atoms with Crippen LogP contribution in [-0.2, 0) is 13.0 Å². The minimum atomic E-state index is 0.145. The average Bonchev–Trinajstić information content (AvgIpc) is 2.69. The lowest BCUT2D eigenvalue weighted by molar-refractivity contribution is 0.0745. The summed E-state index contributed by atoms with van der Waals surface area (Å²) in [5.41, 5.74) is 3.47. The molecule has 0 N–H and O–H groups in total. The molecule has 0 aromatic heterocycles. The molecule has 2 nitrogen and oxygen atoms in total. The van der Waals surface area contributed by atoms with E-state index in [1.54, 1.807) is 0 Å². The minimum absolute atomic E-state index is 0.145. The third-order valence-corrected chi connectivity index (χ3v) is 4.69. The first-order chi connectivity index (χ1) is 9.75. The molecule has 1 aliphatic rings. The number of hydrogen-bond acceptors (Lipinski definition) is 1. The van der Waals surface area contributed by atoms with E-state index in [1.165, 1.54) is 11.1 Å². The van der Waals surface area contributed by atoms with Crippen LogP contribution in [0.25, 0.3) is 0 Å². The van der Waals surface area contributed by atoms with Crippen molar-refractivity contribution in [3.63, 3.8) is 0 Å². The number of amides is 1. The van der Waals surface area contributed by atoms with Gasteiger partial charge in [0.05, 0.1) is 5.56 Å². The molecule has 0 atom stereocenters. The number of rotatable bonds is 1. The van der Waals surface area contributed by atoms with Crippen molar-refractivity contribution >= 4 is 28.5 Å². The summed E-state index contributed by atoms with van der Waals surface area (Å²) < 4.78 is 1.02. The zero-order chi connectivity index (χ0) is 13.9. The first-order valence-corrected chi connectivity index (χ1v) is 7.94. The predicted octanol–water partition coefficient (Wildman–Crippen LogP) is 3.88. The molecule has 3 rings (SSSR count). The molecule has 0 radical (unpaired) electrons. The Morgan fingerprint density at radius 2 is 1.70 bits per heavy atom. The fourth-order valence-corrected chi connectivity index (χ4v) is 3.30. The van der Waals surface area contributed by atoms with Gasteiger partial charge in [-0.15, -0.1) is 0 Å². The molecule has 0 aliphatic carbocycles. The van der Waals surface area contributed by atoms with Crippen LogP contribution in [0.1, 0.15) is 27.9 Å². The fourth-order valence-electron chi connectivity index (χ4n) is 2.68. The number of nitrogens with zero attached hydrogens (tertiary/aromatic N) is 1. The number of hydrogen-bond donors (Lipinski definition) is 0. The van der Waals surface area contributed by atoms with Gasteiger partial charge in [-0.2, -0.15) is 0 Å². The van der Waals surface area contributed by atoms with Crippen LogP contribution in [0.5, 0.6) is 0 Å². The second kappa shape index (κ2) is 5.95. The van der Waals surface area contributed by atoms with Gasteiger partial charge in [0.25, 0.3) is 5.91 Å². The van der Waals surface area contributed by atoms with E-state index in [9.17, 15) is 4.79 Å². The summed E-state index contributed by atoms with van der Waals surface area (Å²) in [6, 6.07) is 16.2. The van der Waals surface area contributed by atoms with Crippen molar-refractivity contribution in [2.24, 2.45) is 0 Å². The van der Waals surface area contributed by atoms with Crippen LogP contribution in [0.3, 0.4) is 0 Å². The molecule has 0 fully saturated rings. The lowest BCUT2D eigenvalue weighted by Crippen LogP contribution is -2.31. The van der Waals surface area contributed by atoms with Crippen LogP contribution >= 0.6 is 22.6 Å². The topological polar surface area (TPSA) is 20.3 Å². The highest BCUT2D eigenvalue weighted by Gasteiger charge is 2.21. The number of aryl methyl sites for hydroxylation is 1. The van der Waals surface area contributed by atoms with Crippen molar-refractivity contribution in [2.75, 3.05) is 6.54 Å². The molecule has 0 bridgehead atoms. The quantitative estimate of drug-likeness (QED) is 0.691. The summed E-state index contributed by atoms with van der Waals surface area (Å²) >= 11 is 2.23. The van der Waals surface area contributed by atoms with Crippen LogP contribution in [0.15, 0.2) is 48.5 Å². The van der Waals surface area contributed by atoms with Gasteiger partial charge in [0.2, 0.25) is 0 Å². The maximum atomic E-state index is 12.7. The molecular weight excluding hydrogens is 361 g/mol. The number of halogens is 1. The highest BCUT2D eigenvalue weighted by atomic mass is 127. The van der Waals surface area contributed by atoms with Crippen molar-refractivity contribution in [2.45, 2.75) is 19.4 Å². The standard InChI is InChI=1S/C17H16INO/c18-16-10-4-3-9-15(16)17(20)19-11-5-8-13-6-1-2-7-14(13)12-19/h1-4,6-7,9-10H,5,8,11-12H2. The Balaban J connectivity index is 1.88. The molecule has 102 valence electrons. The summed E-state index contributed by atoms with van der Waals surface area (Å²) in [4.78, 5) is 14.7. The fraction of sp³-hybridized carbons (Fsp3) is 0.235. The number of benzene rings is 2. The van der Waals surface area contributed by atoms with Crippen LogP contribution in [0.2, 0.25) is 0 Å². The lowest BCUT2D eigenvalue weighted by Gasteiger charge is -2.21. The maximum absolute atomic E-state index is 12.7. The predicted molar refractivity (Wildman–Crippen MR) is 88.7 cm³/mol. The van der Waals surface area contributed by atoms with E-state index < -0.39 is 0 Å². The normalized spacial score (nSPS) is 14.6. The third-order valence-electron chi connectivity index (χ3n) is 3.75. The molecule has 20 heavy (non-hydrogen) atoms. The summed E-state index contributed by atoms with van der Waals surface area (Å²) in [6.07, 6.45) is 2.10. The second-order valence-corrected chi connectivity index (χ2v) is 6.24. The van der Waals surface area contributed by atoms with Gasteiger partial charge < -0.3 is 4.90 Å². The zero-order valence-corrected chi connectivity index (χ0v) is 13.3. The first-order valence-electron chi connectivity index (χ1n) is 6.86. The molecule has 3 heteroatoms. The van der Waals surface area contributed by atoms with E-state index in [0.717, 1.165) is 35.1 Å². The van der Waals surface area contributed by atoms with Gasteiger partial charge in [0, 0.05) is 16.7 Å². The van der Waals surface area contributed by atoms with E-state index in [4.69, 9.17) is 0 Å². The van der Waals surface area contributed by atoms with E-state index in [1.807, 2.05) is 29.2 Å². The summed E-state index contributed by atoms with van der Waals surface area (Å²) in [7, 11) is 0. The molecule has 1 aliphatic heterocycles. The summed E-state index contributed by atoms with van der Waals surface area (Å²) in [6.45, 7) is 1.55. The first kappa shape index (κ1) is 13.6. The smallest absolute Gasteiger partial charge is 0.255 e. The summed E-state index contributed by atoms with van der Waals surface area (Å²) in [5.74, 6) is 0.145. The zero-order valence-electron chi connectivity index (χ0n) is 11.2. The maximum Gasteiger partial charge on any atom is 0.255 e. The monoisotopic (exact) mass is 377 g/mol. The van der Waals surface area contributed by atoms with Gasteiger partial charge in [-0.25, -0.2) is 0 Å². The van der Waals surface area contributed by atoms with Crippen LogP contribution in [0, 0.1) is 3.57 Å². The van der Waals surface area contributed by atoms with Crippen molar-refractivity contribution < 1.29 is 4.79 Å². The molecule has 1 amide bonds. The Hall–Kier alpha value is -1.36. The molecule has 1 heterocycles.